The molecule has 1 aromatic carbocycles. The molecule has 1 aromatic rings. The molecule has 2 rings (SSSR count). The van der Waals surface area contributed by atoms with Crippen LogP contribution in [0.5, 0.6) is 0 Å². The third kappa shape index (κ3) is 3.79. The summed E-state index contributed by atoms with van der Waals surface area (Å²) in [7, 11) is 0. The number of ether oxygens (including phenoxy) is 1. The molecule has 5 heteroatoms. The van der Waals surface area contributed by atoms with E-state index in [1.165, 1.54) is 6.21 Å². The molecule has 0 heterocycles. The fourth-order valence-corrected chi connectivity index (χ4v) is 1.34. The highest BCUT2D eigenvalue weighted by molar-refractivity contribution is 5.79. The van der Waals surface area contributed by atoms with Crippen LogP contribution >= 0.6 is 0 Å². The predicted molar refractivity (Wildman–Crippen MR) is 62.2 cm³/mol. The van der Waals surface area contributed by atoms with Crippen LogP contribution in [0, 0.1) is 0 Å². The molecule has 90 valence electrons. The fraction of sp³-hybridized carbons (Fsp3) is 0.333. The Kier molecular flexibility index (Phi) is 3.59. The van der Waals surface area contributed by atoms with Gasteiger partial charge < -0.3 is 15.3 Å². The maximum Gasteiger partial charge on any atom is 0.407 e. The van der Waals surface area contributed by atoms with E-state index in [0.717, 1.165) is 24.0 Å². The van der Waals surface area contributed by atoms with Crippen LogP contribution in [0.2, 0.25) is 0 Å². The maximum atomic E-state index is 11.2. The van der Waals surface area contributed by atoms with Gasteiger partial charge in [0.1, 0.15) is 6.10 Å². The monoisotopic (exact) mass is 234 g/mol. The first kappa shape index (κ1) is 11.4. The molecular formula is C12H14N2O3. The Balaban J connectivity index is 1.79. The molecule has 1 amide bonds. The van der Waals surface area contributed by atoms with Gasteiger partial charge in [-0.25, -0.2) is 4.79 Å². The molecule has 0 aromatic heterocycles. The highest BCUT2D eigenvalue weighted by atomic mass is 16.6. The minimum atomic E-state index is -0.367. The lowest BCUT2D eigenvalue weighted by atomic mass is 10.1. The summed E-state index contributed by atoms with van der Waals surface area (Å²) in [6.07, 6.45) is 3.05. The number of amides is 1. The van der Waals surface area contributed by atoms with Crippen molar-refractivity contribution in [1.29, 1.82) is 0 Å². The number of oxime groups is 1. The summed E-state index contributed by atoms with van der Waals surface area (Å²) in [4.78, 5) is 11.2. The molecule has 5 nitrogen and oxygen atoms in total. The molecule has 0 spiro atoms. The first-order valence-corrected chi connectivity index (χ1v) is 5.49. The van der Waals surface area contributed by atoms with Crippen LogP contribution in [0.4, 0.5) is 4.79 Å². The number of alkyl carbamates (subject to hydrolysis) is 1. The fourth-order valence-electron chi connectivity index (χ4n) is 1.34. The lowest BCUT2D eigenvalue weighted by Gasteiger charge is -2.05. The molecule has 0 saturated heterocycles. The summed E-state index contributed by atoms with van der Waals surface area (Å²) in [6, 6.07) is 7.33. The van der Waals surface area contributed by atoms with Gasteiger partial charge in [0, 0.05) is 6.54 Å². The Bertz CT molecular complexity index is 410. The van der Waals surface area contributed by atoms with Crippen molar-refractivity contribution in [2.24, 2.45) is 5.16 Å². The van der Waals surface area contributed by atoms with E-state index >= 15 is 0 Å². The second-order valence-corrected chi connectivity index (χ2v) is 3.94. The van der Waals surface area contributed by atoms with Gasteiger partial charge in [-0.3, -0.25) is 0 Å². The molecule has 1 saturated carbocycles. The number of hydrogen-bond acceptors (Lipinski definition) is 4. The normalized spacial score (nSPS) is 14.8. The van der Waals surface area contributed by atoms with Gasteiger partial charge in [-0.05, 0) is 24.0 Å². The Hall–Kier alpha value is -2.04. The number of carbonyl (C=O) groups excluding carboxylic acids is 1. The van der Waals surface area contributed by atoms with Gasteiger partial charge in [0.05, 0.1) is 6.21 Å². The van der Waals surface area contributed by atoms with Crippen molar-refractivity contribution in [3.8, 4) is 0 Å². The van der Waals surface area contributed by atoms with Crippen molar-refractivity contribution in [3.63, 3.8) is 0 Å². The Labute approximate surface area is 99.1 Å². The number of nitrogens with zero attached hydrogens (tertiary/aromatic N) is 1. The molecule has 1 aliphatic rings. The predicted octanol–water partition coefficient (Wildman–Crippen LogP) is 1.88. The van der Waals surface area contributed by atoms with Crippen LogP contribution < -0.4 is 5.32 Å². The Morgan fingerprint density at radius 1 is 1.47 bits per heavy atom. The zero-order valence-electron chi connectivity index (χ0n) is 9.30. The molecule has 0 bridgehead atoms. The lowest BCUT2D eigenvalue weighted by Crippen LogP contribution is -2.24. The van der Waals surface area contributed by atoms with Gasteiger partial charge in [0.15, 0.2) is 0 Å². The number of nitrogens with one attached hydrogen (secondary N) is 1. The number of benzene rings is 1. The second-order valence-electron chi connectivity index (χ2n) is 3.94. The van der Waals surface area contributed by atoms with Gasteiger partial charge in [0.2, 0.25) is 0 Å². The van der Waals surface area contributed by atoms with Crippen LogP contribution in [0.25, 0.3) is 0 Å². The average Bonchev–Trinajstić information content (AvgIpc) is 3.12. The first-order valence-electron chi connectivity index (χ1n) is 5.49. The van der Waals surface area contributed by atoms with Crippen molar-refractivity contribution in [2.75, 3.05) is 0 Å². The number of carbonyl (C=O) groups is 1. The summed E-state index contributed by atoms with van der Waals surface area (Å²) in [5, 5.41) is 14.0. The van der Waals surface area contributed by atoms with E-state index in [0.29, 0.717) is 6.54 Å². The minimum Gasteiger partial charge on any atom is -0.446 e. The quantitative estimate of drug-likeness (QED) is 0.474. The molecular weight excluding hydrogens is 220 g/mol. The minimum absolute atomic E-state index is 0.123. The zero-order chi connectivity index (χ0) is 12.1. The van der Waals surface area contributed by atoms with Crippen molar-refractivity contribution in [3.05, 3.63) is 35.4 Å². The smallest absolute Gasteiger partial charge is 0.407 e. The van der Waals surface area contributed by atoms with Crippen LogP contribution in [-0.2, 0) is 11.3 Å². The van der Waals surface area contributed by atoms with Crippen molar-refractivity contribution in [1.82, 2.24) is 5.32 Å². The number of hydrogen-bond donors (Lipinski definition) is 2. The topological polar surface area (TPSA) is 70.9 Å². The summed E-state index contributed by atoms with van der Waals surface area (Å²) in [6.45, 7) is 0.433. The van der Waals surface area contributed by atoms with Crippen LogP contribution in [0.15, 0.2) is 29.4 Å². The third-order valence-electron chi connectivity index (χ3n) is 2.42. The lowest BCUT2D eigenvalue weighted by molar-refractivity contribution is 0.138. The van der Waals surface area contributed by atoms with Crippen molar-refractivity contribution < 1.29 is 14.7 Å². The van der Waals surface area contributed by atoms with E-state index in [9.17, 15) is 4.79 Å². The van der Waals surface area contributed by atoms with Gasteiger partial charge >= 0.3 is 6.09 Å². The SMILES string of the molecule is O=C(NCc1ccc(/C=N/O)cc1)OC1CC1. The van der Waals surface area contributed by atoms with E-state index in [2.05, 4.69) is 10.5 Å². The van der Waals surface area contributed by atoms with Crippen LogP contribution in [0.1, 0.15) is 24.0 Å². The van der Waals surface area contributed by atoms with Gasteiger partial charge in [-0.2, -0.15) is 0 Å². The standard InChI is InChI=1S/C12H14N2O3/c15-12(17-11-5-6-11)13-7-9-1-3-10(4-2-9)8-14-16/h1-4,8,11,16H,5-7H2,(H,13,15)/b14-8+. The highest BCUT2D eigenvalue weighted by Gasteiger charge is 2.25. The van der Waals surface area contributed by atoms with Crippen LogP contribution in [0.3, 0.4) is 0 Å². The van der Waals surface area contributed by atoms with Gasteiger partial charge in [-0.15, -0.1) is 0 Å². The van der Waals surface area contributed by atoms with E-state index in [4.69, 9.17) is 9.94 Å². The Morgan fingerprint density at radius 2 is 2.18 bits per heavy atom. The Morgan fingerprint density at radius 3 is 2.76 bits per heavy atom. The van der Waals surface area contributed by atoms with E-state index in [1.807, 2.05) is 24.3 Å². The summed E-state index contributed by atoms with van der Waals surface area (Å²) < 4.78 is 5.04. The zero-order valence-corrected chi connectivity index (χ0v) is 9.30. The van der Waals surface area contributed by atoms with Crippen molar-refractivity contribution in [2.45, 2.75) is 25.5 Å². The molecule has 1 fully saturated rings. The molecule has 2 N–H and O–H groups in total. The largest absolute Gasteiger partial charge is 0.446 e. The van der Waals surface area contributed by atoms with Gasteiger partial charge in [0.25, 0.3) is 0 Å². The molecule has 0 unspecified atom stereocenters. The highest BCUT2D eigenvalue weighted by Crippen LogP contribution is 2.23. The van der Waals surface area contributed by atoms with Crippen molar-refractivity contribution >= 4 is 12.3 Å². The van der Waals surface area contributed by atoms with Gasteiger partial charge in [-0.1, -0.05) is 29.4 Å². The molecule has 17 heavy (non-hydrogen) atoms. The van der Waals surface area contributed by atoms with E-state index in [1.54, 1.807) is 0 Å². The van der Waals surface area contributed by atoms with E-state index in [-0.39, 0.29) is 12.2 Å². The molecule has 0 radical (unpaired) electrons. The third-order valence-corrected chi connectivity index (χ3v) is 2.42. The van der Waals surface area contributed by atoms with E-state index < -0.39 is 0 Å². The first-order chi connectivity index (χ1) is 8.28. The maximum absolute atomic E-state index is 11.2. The second kappa shape index (κ2) is 5.34. The summed E-state index contributed by atoms with van der Waals surface area (Å²) >= 11 is 0. The molecule has 1 aliphatic carbocycles. The summed E-state index contributed by atoms with van der Waals surface area (Å²) in [5.74, 6) is 0. The average molecular weight is 234 g/mol. The summed E-state index contributed by atoms with van der Waals surface area (Å²) in [5.41, 5.74) is 1.77. The van der Waals surface area contributed by atoms with Crippen LogP contribution in [-0.4, -0.2) is 23.6 Å². The molecule has 0 atom stereocenters. The number of rotatable bonds is 4. The molecule has 0 aliphatic heterocycles.